The molecule has 29 heavy (non-hydrogen) atoms. The van der Waals surface area contributed by atoms with Crippen LogP contribution in [0.25, 0.3) is 21.5 Å². The number of unbranched alkanes of at least 4 members (excludes halogenated alkanes) is 2. The first kappa shape index (κ1) is 19.5. The first-order chi connectivity index (χ1) is 14.0. The third-order valence-corrected chi connectivity index (χ3v) is 6.66. The van der Waals surface area contributed by atoms with Crippen molar-refractivity contribution < 1.29 is 8.42 Å². The molecule has 4 aromatic carbocycles. The van der Waals surface area contributed by atoms with Gasteiger partial charge in [-0.15, -0.1) is 0 Å². The van der Waals surface area contributed by atoms with Crippen molar-refractivity contribution >= 4 is 37.3 Å². The van der Waals surface area contributed by atoms with Gasteiger partial charge in [-0.2, -0.15) is 0 Å². The van der Waals surface area contributed by atoms with E-state index in [1.165, 1.54) is 23.8 Å². The van der Waals surface area contributed by atoms with E-state index in [1.807, 2.05) is 42.5 Å². The van der Waals surface area contributed by atoms with E-state index in [9.17, 15) is 8.42 Å². The Kier molecular flexibility index (Phi) is 5.54. The minimum atomic E-state index is -3.62. The Balaban J connectivity index is 1.57. The Hall–Kier alpha value is -2.85. The van der Waals surface area contributed by atoms with Gasteiger partial charge in [-0.1, -0.05) is 62.2 Å². The van der Waals surface area contributed by atoms with E-state index in [0.29, 0.717) is 5.69 Å². The molecule has 0 amide bonds. The van der Waals surface area contributed by atoms with E-state index in [-0.39, 0.29) is 4.90 Å². The van der Waals surface area contributed by atoms with E-state index < -0.39 is 10.0 Å². The second-order valence-electron chi connectivity index (χ2n) is 7.47. The van der Waals surface area contributed by atoms with E-state index in [2.05, 4.69) is 35.9 Å². The number of rotatable bonds is 7. The lowest BCUT2D eigenvalue weighted by Crippen LogP contribution is -2.12. The fraction of sp³-hybridized carbons (Fsp3) is 0.200. The smallest absolute Gasteiger partial charge is 0.261 e. The highest BCUT2D eigenvalue weighted by molar-refractivity contribution is 7.92. The monoisotopic (exact) mass is 403 g/mol. The molecule has 0 heterocycles. The van der Waals surface area contributed by atoms with Gasteiger partial charge in [0.1, 0.15) is 0 Å². The molecule has 0 spiro atoms. The molecule has 0 saturated heterocycles. The molecule has 0 bridgehead atoms. The summed E-state index contributed by atoms with van der Waals surface area (Å²) in [6, 6.07) is 25.3. The summed E-state index contributed by atoms with van der Waals surface area (Å²) in [7, 11) is -3.62. The third kappa shape index (κ3) is 4.43. The lowest BCUT2D eigenvalue weighted by molar-refractivity contribution is 0.601. The standard InChI is InChI=1S/C25H25NO2S/c1-2-3-4-7-19-10-14-25(15-11-19)29(27,28)26-24-13-12-22-16-20-8-5-6-9-21(20)17-23(22)18-24/h5-6,8-18,26H,2-4,7H2,1H3. The number of fused-ring (bicyclic) bond motifs is 2. The topological polar surface area (TPSA) is 46.2 Å². The molecule has 4 aromatic rings. The Morgan fingerprint density at radius 2 is 1.38 bits per heavy atom. The van der Waals surface area contributed by atoms with Gasteiger partial charge in [0.05, 0.1) is 4.90 Å². The fourth-order valence-corrected chi connectivity index (χ4v) is 4.68. The Labute approximate surface area is 172 Å². The average molecular weight is 404 g/mol. The van der Waals surface area contributed by atoms with Gasteiger partial charge in [-0.05, 0) is 76.3 Å². The van der Waals surface area contributed by atoms with Gasteiger partial charge < -0.3 is 0 Å². The summed E-state index contributed by atoms with van der Waals surface area (Å²) in [6.07, 6.45) is 4.49. The molecule has 148 valence electrons. The first-order valence-corrected chi connectivity index (χ1v) is 11.6. The van der Waals surface area contributed by atoms with Crippen LogP contribution in [0.1, 0.15) is 31.7 Å². The van der Waals surface area contributed by atoms with Crippen LogP contribution < -0.4 is 4.72 Å². The zero-order valence-electron chi connectivity index (χ0n) is 16.6. The van der Waals surface area contributed by atoms with Crippen LogP contribution in [0.4, 0.5) is 5.69 Å². The van der Waals surface area contributed by atoms with Gasteiger partial charge in [-0.3, -0.25) is 4.72 Å². The highest BCUT2D eigenvalue weighted by atomic mass is 32.2. The summed E-state index contributed by atoms with van der Waals surface area (Å²) in [5, 5.41) is 4.41. The number of hydrogen-bond acceptors (Lipinski definition) is 2. The molecule has 1 N–H and O–H groups in total. The summed E-state index contributed by atoms with van der Waals surface area (Å²) < 4.78 is 28.3. The van der Waals surface area contributed by atoms with E-state index in [4.69, 9.17) is 0 Å². The first-order valence-electron chi connectivity index (χ1n) is 10.1. The minimum Gasteiger partial charge on any atom is -0.280 e. The molecule has 3 nitrogen and oxygen atoms in total. The molecule has 0 aromatic heterocycles. The fourth-order valence-electron chi connectivity index (χ4n) is 3.63. The maximum atomic E-state index is 12.8. The molecule has 0 radical (unpaired) electrons. The predicted octanol–water partition coefficient (Wildman–Crippen LogP) is 6.53. The lowest BCUT2D eigenvalue weighted by atomic mass is 10.0. The summed E-state index contributed by atoms with van der Waals surface area (Å²) in [5.74, 6) is 0. The van der Waals surface area contributed by atoms with Gasteiger partial charge in [-0.25, -0.2) is 8.42 Å². The van der Waals surface area contributed by atoms with Gasteiger partial charge in [0.15, 0.2) is 0 Å². The minimum absolute atomic E-state index is 0.287. The normalized spacial score (nSPS) is 11.8. The van der Waals surface area contributed by atoms with E-state index >= 15 is 0 Å². The van der Waals surface area contributed by atoms with Crippen molar-refractivity contribution in [2.24, 2.45) is 0 Å². The van der Waals surface area contributed by atoms with Crippen molar-refractivity contribution in [1.29, 1.82) is 0 Å². The predicted molar refractivity (Wildman–Crippen MR) is 122 cm³/mol. The van der Waals surface area contributed by atoms with E-state index in [0.717, 1.165) is 29.0 Å². The number of anilines is 1. The van der Waals surface area contributed by atoms with Crippen LogP contribution in [0.5, 0.6) is 0 Å². The van der Waals surface area contributed by atoms with Crippen LogP contribution in [0.3, 0.4) is 0 Å². The van der Waals surface area contributed by atoms with Crippen molar-refractivity contribution in [3.05, 3.63) is 84.4 Å². The highest BCUT2D eigenvalue weighted by Gasteiger charge is 2.14. The maximum Gasteiger partial charge on any atom is 0.261 e. The molecule has 0 aliphatic rings. The number of benzene rings is 4. The summed E-state index contributed by atoms with van der Waals surface area (Å²) in [4.78, 5) is 0.287. The second kappa shape index (κ2) is 8.26. The van der Waals surface area contributed by atoms with Gasteiger partial charge in [0.2, 0.25) is 0 Å². The van der Waals surface area contributed by atoms with E-state index in [1.54, 1.807) is 12.1 Å². The lowest BCUT2D eigenvalue weighted by Gasteiger charge is -2.10. The van der Waals surface area contributed by atoms with Crippen molar-refractivity contribution in [1.82, 2.24) is 0 Å². The van der Waals surface area contributed by atoms with Gasteiger partial charge in [0.25, 0.3) is 10.0 Å². The maximum absolute atomic E-state index is 12.8. The van der Waals surface area contributed by atoms with Gasteiger partial charge in [0, 0.05) is 5.69 Å². The van der Waals surface area contributed by atoms with Crippen LogP contribution in [0.15, 0.2) is 83.8 Å². The number of nitrogens with one attached hydrogen (secondary N) is 1. The van der Waals surface area contributed by atoms with Crippen molar-refractivity contribution in [3.63, 3.8) is 0 Å². The second-order valence-corrected chi connectivity index (χ2v) is 9.15. The summed E-state index contributed by atoms with van der Waals surface area (Å²) in [5.41, 5.74) is 1.75. The quantitative estimate of drug-likeness (QED) is 0.282. The Bertz CT molecular complexity index is 1250. The molecule has 0 aliphatic carbocycles. The van der Waals surface area contributed by atoms with Crippen LogP contribution >= 0.6 is 0 Å². The van der Waals surface area contributed by atoms with Crippen LogP contribution in [-0.4, -0.2) is 8.42 Å². The van der Waals surface area contributed by atoms with Crippen LogP contribution in [0.2, 0.25) is 0 Å². The molecule has 4 heteroatoms. The summed E-state index contributed by atoms with van der Waals surface area (Å²) >= 11 is 0. The third-order valence-electron chi connectivity index (χ3n) is 5.26. The molecule has 0 fully saturated rings. The zero-order valence-corrected chi connectivity index (χ0v) is 17.4. The number of sulfonamides is 1. The molecule has 0 unspecified atom stereocenters. The zero-order chi connectivity index (χ0) is 20.3. The van der Waals surface area contributed by atoms with Crippen molar-refractivity contribution in [3.8, 4) is 0 Å². The molecule has 0 atom stereocenters. The Morgan fingerprint density at radius 1 is 0.724 bits per heavy atom. The molecule has 0 aliphatic heterocycles. The van der Waals surface area contributed by atoms with Crippen LogP contribution in [0, 0.1) is 0 Å². The number of hydrogen-bond donors (Lipinski definition) is 1. The average Bonchev–Trinajstić information content (AvgIpc) is 2.72. The largest absolute Gasteiger partial charge is 0.280 e. The number of aryl methyl sites for hydroxylation is 1. The highest BCUT2D eigenvalue weighted by Crippen LogP contribution is 2.26. The van der Waals surface area contributed by atoms with Gasteiger partial charge >= 0.3 is 0 Å². The summed E-state index contributed by atoms with van der Waals surface area (Å²) in [6.45, 7) is 2.18. The van der Waals surface area contributed by atoms with Crippen LogP contribution in [-0.2, 0) is 16.4 Å². The van der Waals surface area contributed by atoms with Crippen molar-refractivity contribution in [2.75, 3.05) is 4.72 Å². The molecular weight excluding hydrogens is 378 g/mol. The SMILES string of the molecule is CCCCCc1ccc(S(=O)(=O)Nc2ccc3cc4ccccc4cc3c2)cc1. The molecular formula is C25H25NO2S. The Morgan fingerprint density at radius 3 is 2.07 bits per heavy atom. The molecule has 0 saturated carbocycles. The van der Waals surface area contributed by atoms with Crippen molar-refractivity contribution in [2.45, 2.75) is 37.5 Å². The molecule has 4 rings (SSSR count).